The molecule has 0 fully saturated rings. The minimum absolute atomic E-state index is 0.0905. The summed E-state index contributed by atoms with van der Waals surface area (Å²) < 4.78 is 5.78. The van der Waals surface area contributed by atoms with Crippen LogP contribution < -0.4 is 15.8 Å². The Labute approximate surface area is 125 Å². The van der Waals surface area contributed by atoms with E-state index >= 15 is 0 Å². The number of carbonyl (C=O) groups excluding carboxylic acids is 1. The topological polar surface area (TPSA) is 64.3 Å². The molecule has 0 bridgehead atoms. The van der Waals surface area contributed by atoms with Crippen molar-refractivity contribution in [3.05, 3.63) is 28.8 Å². The summed E-state index contributed by atoms with van der Waals surface area (Å²) in [5.41, 5.74) is 8.27. The number of aryl methyl sites for hydroxylation is 2. The average molecular weight is 294 g/mol. The highest BCUT2D eigenvalue weighted by molar-refractivity contribution is 7.80. The molecule has 1 amide bonds. The van der Waals surface area contributed by atoms with Crippen LogP contribution in [0.4, 0.5) is 0 Å². The fourth-order valence-corrected chi connectivity index (χ4v) is 2.03. The van der Waals surface area contributed by atoms with E-state index in [9.17, 15) is 4.79 Å². The summed E-state index contributed by atoms with van der Waals surface area (Å²) in [5.74, 6) is 0.577. The van der Waals surface area contributed by atoms with Crippen molar-refractivity contribution in [2.75, 3.05) is 0 Å². The maximum Gasteiger partial charge on any atom is 0.260 e. The number of nitrogens with one attached hydrogen (secondary N) is 1. The van der Waals surface area contributed by atoms with Gasteiger partial charge in [-0.3, -0.25) is 4.79 Å². The van der Waals surface area contributed by atoms with Crippen LogP contribution in [0.15, 0.2) is 12.1 Å². The zero-order valence-electron chi connectivity index (χ0n) is 12.6. The fourth-order valence-electron chi connectivity index (χ4n) is 1.91. The lowest BCUT2D eigenvalue weighted by molar-refractivity contribution is -0.127. The number of rotatable bonds is 5. The molecule has 1 aromatic rings. The van der Waals surface area contributed by atoms with Crippen molar-refractivity contribution in [1.29, 1.82) is 0 Å². The number of hydrogen-bond acceptors (Lipinski definition) is 3. The SMILES string of the molecule is Cc1cc(C(N)=S)cc(C)c1OC(C)C(=O)NC(C)C. The number of amides is 1. The summed E-state index contributed by atoms with van der Waals surface area (Å²) in [6.45, 7) is 9.39. The molecular weight excluding hydrogens is 272 g/mol. The van der Waals surface area contributed by atoms with Gasteiger partial charge < -0.3 is 15.8 Å². The van der Waals surface area contributed by atoms with Crippen molar-refractivity contribution in [2.45, 2.75) is 46.8 Å². The van der Waals surface area contributed by atoms with Crippen LogP contribution in [0, 0.1) is 13.8 Å². The third-order valence-corrected chi connectivity index (χ3v) is 3.08. The van der Waals surface area contributed by atoms with Crippen LogP contribution in [0.1, 0.15) is 37.5 Å². The Morgan fingerprint density at radius 3 is 2.15 bits per heavy atom. The molecule has 0 saturated heterocycles. The molecule has 1 unspecified atom stereocenters. The molecule has 0 aromatic heterocycles. The van der Waals surface area contributed by atoms with Crippen molar-refractivity contribution >= 4 is 23.1 Å². The van der Waals surface area contributed by atoms with Gasteiger partial charge in [-0.05, 0) is 57.9 Å². The maximum atomic E-state index is 11.9. The van der Waals surface area contributed by atoms with Gasteiger partial charge in [0.15, 0.2) is 6.10 Å². The zero-order chi connectivity index (χ0) is 15.4. The molecule has 5 heteroatoms. The van der Waals surface area contributed by atoms with Gasteiger partial charge in [-0.25, -0.2) is 0 Å². The van der Waals surface area contributed by atoms with Crippen LogP contribution in [0.3, 0.4) is 0 Å². The quantitative estimate of drug-likeness (QED) is 0.817. The summed E-state index contributed by atoms with van der Waals surface area (Å²) in [6, 6.07) is 3.84. The van der Waals surface area contributed by atoms with Crippen LogP contribution in [0.25, 0.3) is 0 Å². The molecule has 0 saturated carbocycles. The first-order valence-corrected chi connectivity index (χ1v) is 7.01. The van der Waals surface area contributed by atoms with Crippen LogP contribution in [-0.4, -0.2) is 23.0 Å². The van der Waals surface area contributed by atoms with Crippen LogP contribution >= 0.6 is 12.2 Å². The van der Waals surface area contributed by atoms with E-state index in [-0.39, 0.29) is 11.9 Å². The molecule has 4 nitrogen and oxygen atoms in total. The minimum atomic E-state index is -0.550. The summed E-state index contributed by atoms with van der Waals surface area (Å²) in [4.78, 5) is 12.2. The average Bonchev–Trinajstić information content (AvgIpc) is 2.32. The molecule has 0 aliphatic rings. The molecule has 0 aliphatic carbocycles. The second-order valence-electron chi connectivity index (χ2n) is 5.23. The molecular formula is C15H22N2O2S. The third kappa shape index (κ3) is 4.20. The maximum absolute atomic E-state index is 11.9. The van der Waals surface area contributed by atoms with Gasteiger partial charge in [0.25, 0.3) is 5.91 Å². The van der Waals surface area contributed by atoms with E-state index in [2.05, 4.69) is 5.32 Å². The monoisotopic (exact) mass is 294 g/mol. The lowest BCUT2D eigenvalue weighted by Crippen LogP contribution is -2.40. The van der Waals surface area contributed by atoms with Gasteiger partial charge in [0.2, 0.25) is 0 Å². The van der Waals surface area contributed by atoms with E-state index in [4.69, 9.17) is 22.7 Å². The normalized spacial score (nSPS) is 12.1. The highest BCUT2D eigenvalue weighted by atomic mass is 32.1. The molecule has 20 heavy (non-hydrogen) atoms. The number of thiocarbonyl (C=S) groups is 1. The van der Waals surface area contributed by atoms with Crippen molar-refractivity contribution in [2.24, 2.45) is 5.73 Å². The fraction of sp³-hybridized carbons (Fsp3) is 0.467. The lowest BCUT2D eigenvalue weighted by Gasteiger charge is -2.19. The molecule has 1 aromatic carbocycles. The summed E-state index contributed by atoms with van der Waals surface area (Å²) in [7, 11) is 0. The van der Waals surface area contributed by atoms with Gasteiger partial charge in [0.05, 0.1) is 0 Å². The van der Waals surface area contributed by atoms with Gasteiger partial charge in [-0.15, -0.1) is 0 Å². The van der Waals surface area contributed by atoms with Gasteiger partial charge in [-0.1, -0.05) is 12.2 Å². The van der Waals surface area contributed by atoms with Crippen LogP contribution in [0.5, 0.6) is 5.75 Å². The molecule has 3 N–H and O–H groups in total. The van der Waals surface area contributed by atoms with Crippen molar-refractivity contribution in [1.82, 2.24) is 5.32 Å². The molecule has 0 spiro atoms. The predicted molar refractivity (Wildman–Crippen MR) is 85.2 cm³/mol. The first-order chi connectivity index (χ1) is 9.22. The smallest absolute Gasteiger partial charge is 0.260 e. The summed E-state index contributed by atoms with van der Waals surface area (Å²) >= 11 is 4.97. The zero-order valence-corrected chi connectivity index (χ0v) is 13.4. The van der Waals surface area contributed by atoms with E-state index < -0.39 is 6.10 Å². The van der Waals surface area contributed by atoms with Crippen molar-refractivity contribution < 1.29 is 9.53 Å². The van der Waals surface area contributed by atoms with Crippen molar-refractivity contribution in [3.63, 3.8) is 0 Å². The first-order valence-electron chi connectivity index (χ1n) is 6.60. The Morgan fingerprint density at radius 2 is 1.75 bits per heavy atom. The number of hydrogen-bond donors (Lipinski definition) is 2. The largest absolute Gasteiger partial charge is 0.480 e. The lowest BCUT2D eigenvalue weighted by atomic mass is 10.1. The summed E-state index contributed by atoms with van der Waals surface area (Å²) in [5, 5.41) is 2.83. The molecule has 1 atom stereocenters. The Hall–Kier alpha value is -1.62. The number of benzene rings is 1. The van der Waals surface area contributed by atoms with E-state index in [0.29, 0.717) is 10.7 Å². The van der Waals surface area contributed by atoms with Gasteiger partial charge in [-0.2, -0.15) is 0 Å². The second kappa shape index (κ2) is 6.70. The number of ether oxygens (including phenoxy) is 1. The second-order valence-corrected chi connectivity index (χ2v) is 5.67. The van der Waals surface area contributed by atoms with Gasteiger partial charge in [0, 0.05) is 11.6 Å². The van der Waals surface area contributed by atoms with Crippen LogP contribution in [-0.2, 0) is 4.79 Å². The molecule has 0 radical (unpaired) electrons. The molecule has 110 valence electrons. The Bertz CT molecular complexity index is 504. The third-order valence-electron chi connectivity index (χ3n) is 2.84. The Kier molecular flexibility index (Phi) is 5.51. The molecule has 0 aliphatic heterocycles. The molecule has 1 rings (SSSR count). The Morgan fingerprint density at radius 1 is 1.25 bits per heavy atom. The van der Waals surface area contributed by atoms with Gasteiger partial charge in [0.1, 0.15) is 10.7 Å². The summed E-state index contributed by atoms with van der Waals surface area (Å²) in [6.07, 6.45) is -0.550. The molecule has 0 heterocycles. The van der Waals surface area contributed by atoms with Crippen LogP contribution in [0.2, 0.25) is 0 Å². The number of carbonyl (C=O) groups is 1. The van der Waals surface area contributed by atoms with E-state index in [0.717, 1.165) is 16.7 Å². The van der Waals surface area contributed by atoms with E-state index in [1.165, 1.54) is 0 Å². The predicted octanol–water partition coefficient (Wildman–Crippen LogP) is 2.23. The minimum Gasteiger partial charge on any atom is -0.480 e. The Balaban J connectivity index is 2.93. The van der Waals surface area contributed by atoms with Gasteiger partial charge >= 0.3 is 0 Å². The highest BCUT2D eigenvalue weighted by Crippen LogP contribution is 2.26. The van der Waals surface area contributed by atoms with E-state index in [1.54, 1.807) is 6.92 Å². The highest BCUT2D eigenvalue weighted by Gasteiger charge is 2.18. The first kappa shape index (κ1) is 16.4. The standard InChI is InChI=1S/C15H22N2O2S/c1-8(2)17-15(18)11(5)19-13-9(3)6-12(14(16)20)7-10(13)4/h6-8,11H,1-5H3,(H2,16,20)(H,17,18). The van der Waals surface area contributed by atoms with E-state index in [1.807, 2.05) is 39.8 Å². The number of nitrogens with two attached hydrogens (primary N) is 1. The van der Waals surface area contributed by atoms with Crippen molar-refractivity contribution in [3.8, 4) is 5.75 Å².